The van der Waals surface area contributed by atoms with Crippen LogP contribution >= 0.6 is 11.6 Å². The van der Waals surface area contributed by atoms with Crippen LogP contribution in [0, 0.1) is 6.92 Å². The number of aromatic nitrogens is 2. The second kappa shape index (κ2) is 5.25. The zero-order chi connectivity index (χ0) is 15.0. The van der Waals surface area contributed by atoms with Crippen LogP contribution in [0.3, 0.4) is 0 Å². The smallest absolute Gasteiger partial charge is 0.137 e. The van der Waals surface area contributed by atoms with Crippen molar-refractivity contribution in [2.75, 3.05) is 18.5 Å². The van der Waals surface area contributed by atoms with Gasteiger partial charge in [0.25, 0.3) is 0 Å². The summed E-state index contributed by atoms with van der Waals surface area (Å²) >= 11 is 6.20. The van der Waals surface area contributed by atoms with Crippen LogP contribution in [0.5, 0.6) is 0 Å². The molecule has 0 saturated carbocycles. The molecule has 0 radical (unpaired) electrons. The molecule has 0 spiro atoms. The van der Waals surface area contributed by atoms with E-state index in [4.69, 9.17) is 11.6 Å². The van der Waals surface area contributed by atoms with Crippen LogP contribution in [0.2, 0.25) is 5.15 Å². The Kier molecular flexibility index (Phi) is 4.47. The van der Waals surface area contributed by atoms with Gasteiger partial charge in [-0.1, -0.05) is 32.4 Å². The van der Waals surface area contributed by atoms with E-state index in [0.717, 1.165) is 11.4 Å². The highest BCUT2D eigenvalue weighted by molar-refractivity contribution is 6.30. The van der Waals surface area contributed by atoms with E-state index in [2.05, 4.69) is 9.97 Å². The fraction of sp³-hybridized carbons (Fsp3) is 0.714. The molecule has 1 N–H and O–H groups in total. The maximum absolute atomic E-state index is 9.92. The maximum Gasteiger partial charge on any atom is 0.137 e. The Morgan fingerprint density at radius 2 is 1.68 bits per heavy atom. The van der Waals surface area contributed by atoms with Crippen molar-refractivity contribution in [2.45, 2.75) is 52.6 Å². The molecule has 0 aliphatic rings. The fourth-order valence-corrected chi connectivity index (χ4v) is 2.01. The van der Waals surface area contributed by atoms with Crippen molar-refractivity contribution in [2.24, 2.45) is 0 Å². The minimum Gasteiger partial charge on any atom is -0.389 e. The van der Waals surface area contributed by atoms with Gasteiger partial charge in [-0.05, 0) is 20.8 Å². The molecule has 5 heteroatoms. The van der Waals surface area contributed by atoms with Gasteiger partial charge in [-0.2, -0.15) is 0 Å². The minimum atomic E-state index is -0.791. The van der Waals surface area contributed by atoms with Crippen molar-refractivity contribution in [1.29, 1.82) is 0 Å². The number of aliphatic hydroxyl groups is 1. The van der Waals surface area contributed by atoms with Crippen LogP contribution in [0.25, 0.3) is 0 Å². The molecule has 0 aromatic carbocycles. The summed E-state index contributed by atoms with van der Waals surface area (Å²) in [6.45, 7) is 12.1. The third-order valence-electron chi connectivity index (χ3n) is 2.72. The van der Waals surface area contributed by atoms with E-state index in [0.29, 0.717) is 17.5 Å². The SMILES string of the molecule is Cc1c(Cl)nc(C(C)(C)C)nc1N(C)CC(C)(C)O. The van der Waals surface area contributed by atoms with Crippen LogP contribution < -0.4 is 4.90 Å². The summed E-state index contributed by atoms with van der Waals surface area (Å²) < 4.78 is 0. The highest BCUT2D eigenvalue weighted by Crippen LogP contribution is 2.28. The largest absolute Gasteiger partial charge is 0.389 e. The molecule has 1 aromatic heterocycles. The summed E-state index contributed by atoms with van der Waals surface area (Å²) in [5.41, 5.74) is -0.122. The summed E-state index contributed by atoms with van der Waals surface area (Å²) in [6, 6.07) is 0. The van der Waals surface area contributed by atoms with Gasteiger partial charge in [0.2, 0.25) is 0 Å². The van der Waals surface area contributed by atoms with Crippen molar-refractivity contribution < 1.29 is 5.11 Å². The number of anilines is 1. The summed E-state index contributed by atoms with van der Waals surface area (Å²) in [6.07, 6.45) is 0. The van der Waals surface area contributed by atoms with Gasteiger partial charge in [0, 0.05) is 24.6 Å². The molecular weight excluding hydrogens is 262 g/mol. The normalized spacial score (nSPS) is 12.7. The van der Waals surface area contributed by atoms with Gasteiger partial charge >= 0.3 is 0 Å². The van der Waals surface area contributed by atoms with Gasteiger partial charge < -0.3 is 10.0 Å². The summed E-state index contributed by atoms with van der Waals surface area (Å²) in [5.74, 6) is 1.48. The Balaban J connectivity index is 3.23. The molecule has 1 rings (SSSR count). The predicted molar refractivity (Wildman–Crippen MR) is 80.0 cm³/mol. The van der Waals surface area contributed by atoms with E-state index in [1.807, 2.05) is 39.6 Å². The predicted octanol–water partition coefficient (Wildman–Crippen LogP) is 2.94. The average Bonchev–Trinajstić information content (AvgIpc) is 2.17. The molecule has 0 amide bonds. The second-order valence-corrected chi connectivity index (χ2v) is 7.06. The Labute approximate surface area is 120 Å². The fourth-order valence-electron chi connectivity index (χ4n) is 1.84. The molecule has 0 aliphatic heterocycles. The topological polar surface area (TPSA) is 49.2 Å². The van der Waals surface area contributed by atoms with Crippen molar-refractivity contribution >= 4 is 17.4 Å². The molecule has 0 aliphatic carbocycles. The molecular formula is C14H24ClN3O. The summed E-state index contributed by atoms with van der Waals surface area (Å²) in [5, 5.41) is 10.4. The van der Waals surface area contributed by atoms with Crippen LogP contribution in [-0.4, -0.2) is 34.3 Å². The molecule has 0 unspecified atom stereocenters. The van der Waals surface area contributed by atoms with Crippen LogP contribution in [0.1, 0.15) is 46.0 Å². The molecule has 19 heavy (non-hydrogen) atoms. The van der Waals surface area contributed by atoms with E-state index in [-0.39, 0.29) is 5.41 Å². The van der Waals surface area contributed by atoms with E-state index >= 15 is 0 Å². The number of rotatable bonds is 3. The summed E-state index contributed by atoms with van der Waals surface area (Å²) in [4.78, 5) is 10.9. The van der Waals surface area contributed by atoms with Gasteiger partial charge in [-0.15, -0.1) is 0 Å². The minimum absolute atomic E-state index is 0.165. The molecule has 0 saturated heterocycles. The zero-order valence-electron chi connectivity index (χ0n) is 12.9. The van der Waals surface area contributed by atoms with Crippen molar-refractivity contribution in [3.63, 3.8) is 0 Å². The molecule has 0 atom stereocenters. The maximum atomic E-state index is 9.92. The Bertz CT molecular complexity index is 461. The number of nitrogens with zero attached hydrogens (tertiary/aromatic N) is 3. The first-order valence-electron chi connectivity index (χ1n) is 6.40. The molecule has 0 bridgehead atoms. The standard InChI is InChI=1S/C14H24ClN3O/c1-9-10(15)16-12(13(2,3)4)17-11(9)18(7)8-14(5,6)19/h19H,8H2,1-7H3. The number of hydrogen-bond acceptors (Lipinski definition) is 4. The lowest BCUT2D eigenvalue weighted by Crippen LogP contribution is -2.37. The third-order valence-corrected chi connectivity index (χ3v) is 3.09. The molecule has 0 fully saturated rings. The van der Waals surface area contributed by atoms with Gasteiger partial charge in [0.15, 0.2) is 0 Å². The van der Waals surface area contributed by atoms with E-state index < -0.39 is 5.60 Å². The first-order chi connectivity index (χ1) is 8.42. The monoisotopic (exact) mass is 285 g/mol. The van der Waals surface area contributed by atoms with Crippen LogP contribution in [0.15, 0.2) is 0 Å². The molecule has 1 aromatic rings. The first kappa shape index (κ1) is 16.2. The molecule has 1 heterocycles. The Morgan fingerprint density at radius 1 is 1.16 bits per heavy atom. The second-order valence-electron chi connectivity index (χ2n) is 6.71. The van der Waals surface area contributed by atoms with Crippen molar-refractivity contribution in [3.05, 3.63) is 16.5 Å². The van der Waals surface area contributed by atoms with E-state index in [1.165, 1.54) is 0 Å². The number of likely N-dealkylation sites (N-methyl/N-ethyl adjacent to an activating group) is 1. The highest BCUT2D eigenvalue weighted by Gasteiger charge is 2.24. The van der Waals surface area contributed by atoms with Crippen LogP contribution in [-0.2, 0) is 5.41 Å². The number of halogens is 1. The first-order valence-corrected chi connectivity index (χ1v) is 6.78. The number of hydrogen-bond donors (Lipinski definition) is 1. The summed E-state index contributed by atoms with van der Waals surface area (Å²) in [7, 11) is 1.90. The van der Waals surface area contributed by atoms with Crippen LogP contribution in [0.4, 0.5) is 5.82 Å². The molecule has 108 valence electrons. The van der Waals surface area contributed by atoms with Gasteiger partial charge in [0.1, 0.15) is 16.8 Å². The van der Waals surface area contributed by atoms with Crippen molar-refractivity contribution in [1.82, 2.24) is 9.97 Å². The lowest BCUT2D eigenvalue weighted by Gasteiger charge is -2.29. The quantitative estimate of drug-likeness (QED) is 0.868. The van der Waals surface area contributed by atoms with Gasteiger partial charge in [0.05, 0.1) is 5.60 Å². The zero-order valence-corrected chi connectivity index (χ0v) is 13.6. The van der Waals surface area contributed by atoms with Gasteiger partial charge in [-0.3, -0.25) is 0 Å². The highest BCUT2D eigenvalue weighted by atomic mass is 35.5. The van der Waals surface area contributed by atoms with Gasteiger partial charge in [-0.25, -0.2) is 9.97 Å². The van der Waals surface area contributed by atoms with Crippen molar-refractivity contribution in [3.8, 4) is 0 Å². The lowest BCUT2D eigenvalue weighted by molar-refractivity contribution is 0.0884. The van der Waals surface area contributed by atoms with E-state index in [9.17, 15) is 5.11 Å². The molecule has 4 nitrogen and oxygen atoms in total. The third kappa shape index (κ3) is 4.32. The Hall–Kier alpha value is -0.870. The Morgan fingerprint density at radius 3 is 2.11 bits per heavy atom. The lowest BCUT2D eigenvalue weighted by atomic mass is 9.95. The average molecular weight is 286 g/mol. The van der Waals surface area contributed by atoms with E-state index in [1.54, 1.807) is 13.8 Å².